The number of ether oxygens (including phenoxy) is 1. The van der Waals surface area contributed by atoms with Crippen LogP contribution in [0.5, 0.6) is 0 Å². The first-order chi connectivity index (χ1) is 10.1. The molecule has 0 saturated carbocycles. The number of rotatable bonds is 7. The van der Waals surface area contributed by atoms with Crippen molar-refractivity contribution in [1.29, 1.82) is 0 Å². The average molecular weight is 326 g/mol. The normalized spacial score (nSPS) is 10.6. The zero-order chi connectivity index (χ0) is 15.2. The van der Waals surface area contributed by atoms with E-state index in [1.54, 1.807) is 18.4 Å². The summed E-state index contributed by atoms with van der Waals surface area (Å²) in [7, 11) is 1.63. The van der Waals surface area contributed by atoms with Crippen molar-refractivity contribution in [2.24, 2.45) is 0 Å². The molecule has 6 nitrogen and oxygen atoms in total. The molecule has 2 heterocycles. The van der Waals surface area contributed by atoms with E-state index < -0.39 is 0 Å². The molecule has 1 amide bonds. The molecule has 0 aromatic carbocycles. The Hall–Kier alpha value is -1.64. The van der Waals surface area contributed by atoms with Crippen LogP contribution in [0.1, 0.15) is 20.1 Å². The Labute approximate surface area is 131 Å². The summed E-state index contributed by atoms with van der Waals surface area (Å²) >= 11 is 2.87. The van der Waals surface area contributed by atoms with Crippen LogP contribution in [0.25, 0.3) is 0 Å². The van der Waals surface area contributed by atoms with Gasteiger partial charge in [-0.3, -0.25) is 4.79 Å². The Bertz CT molecular complexity index is 609. The van der Waals surface area contributed by atoms with Crippen molar-refractivity contribution >= 4 is 39.5 Å². The van der Waals surface area contributed by atoms with Crippen LogP contribution in [0.3, 0.4) is 0 Å². The molecular formula is C13H18N4O2S2. The third-order valence-corrected chi connectivity index (χ3v) is 4.87. The van der Waals surface area contributed by atoms with Gasteiger partial charge in [-0.05, 0) is 23.9 Å². The number of anilines is 2. The molecule has 0 bridgehead atoms. The Balaban J connectivity index is 1.94. The van der Waals surface area contributed by atoms with E-state index in [9.17, 15) is 4.79 Å². The van der Waals surface area contributed by atoms with Crippen LogP contribution in [0.15, 0.2) is 11.4 Å². The smallest absolute Gasteiger partial charge is 0.265 e. The number of nitrogens with two attached hydrogens (primary N) is 1. The number of hydrogen-bond donors (Lipinski definition) is 3. The van der Waals surface area contributed by atoms with Crippen LogP contribution >= 0.6 is 22.7 Å². The highest BCUT2D eigenvalue weighted by molar-refractivity contribution is 7.18. The number of nitrogens with zero attached hydrogens (tertiary/aromatic N) is 1. The second-order valence-corrected chi connectivity index (χ2v) is 6.36. The first-order valence-corrected chi connectivity index (χ1v) is 8.11. The third kappa shape index (κ3) is 4.16. The maximum Gasteiger partial charge on any atom is 0.265 e. The van der Waals surface area contributed by atoms with Gasteiger partial charge in [0.2, 0.25) is 0 Å². The lowest BCUT2D eigenvalue weighted by atomic mass is 10.3. The van der Waals surface area contributed by atoms with Gasteiger partial charge in [0.1, 0.15) is 10.7 Å². The fraction of sp³-hybridized carbons (Fsp3) is 0.385. The molecule has 0 atom stereocenters. The fourth-order valence-corrected chi connectivity index (χ4v) is 3.33. The van der Waals surface area contributed by atoms with E-state index >= 15 is 0 Å². The first kappa shape index (κ1) is 15.7. The Kier molecular flexibility index (Phi) is 5.54. The zero-order valence-electron chi connectivity index (χ0n) is 11.9. The standard InChI is InChI=1S/C13H18N4O2S2/c1-8-3-6-20-9(8)7-16-12(18)10-11(14)17-13(21-10)15-4-5-19-2/h3,6H,4-5,7,14H2,1-2H3,(H,15,17)(H,16,18). The average Bonchev–Trinajstić information content (AvgIpc) is 3.03. The molecule has 4 N–H and O–H groups in total. The highest BCUT2D eigenvalue weighted by atomic mass is 32.1. The summed E-state index contributed by atoms with van der Waals surface area (Å²) in [6.07, 6.45) is 0. The molecule has 0 saturated heterocycles. The number of nitrogen functional groups attached to an aromatic ring is 1. The van der Waals surface area contributed by atoms with E-state index in [1.165, 1.54) is 16.9 Å². The molecule has 0 unspecified atom stereocenters. The van der Waals surface area contributed by atoms with Crippen molar-refractivity contribution in [2.45, 2.75) is 13.5 Å². The van der Waals surface area contributed by atoms with Gasteiger partial charge in [-0.1, -0.05) is 11.3 Å². The van der Waals surface area contributed by atoms with Gasteiger partial charge in [-0.15, -0.1) is 11.3 Å². The Morgan fingerprint density at radius 1 is 1.52 bits per heavy atom. The van der Waals surface area contributed by atoms with Crippen molar-refractivity contribution in [3.63, 3.8) is 0 Å². The van der Waals surface area contributed by atoms with Gasteiger partial charge >= 0.3 is 0 Å². The summed E-state index contributed by atoms with van der Waals surface area (Å²) in [6, 6.07) is 2.03. The van der Waals surface area contributed by atoms with Gasteiger partial charge in [0.05, 0.1) is 13.2 Å². The van der Waals surface area contributed by atoms with Crippen LogP contribution in [-0.2, 0) is 11.3 Å². The van der Waals surface area contributed by atoms with Crippen LogP contribution in [0.4, 0.5) is 10.9 Å². The quantitative estimate of drug-likeness (QED) is 0.678. The van der Waals surface area contributed by atoms with Crippen molar-refractivity contribution in [2.75, 3.05) is 31.3 Å². The largest absolute Gasteiger partial charge is 0.383 e. The van der Waals surface area contributed by atoms with E-state index in [0.29, 0.717) is 29.7 Å². The number of carbonyl (C=O) groups is 1. The molecule has 0 aliphatic heterocycles. The molecule has 0 radical (unpaired) electrons. The lowest BCUT2D eigenvalue weighted by molar-refractivity contribution is 0.0956. The number of methoxy groups -OCH3 is 1. The van der Waals surface area contributed by atoms with E-state index in [1.807, 2.05) is 18.4 Å². The number of thiazole rings is 1. The van der Waals surface area contributed by atoms with Gasteiger partial charge in [-0.25, -0.2) is 4.98 Å². The molecule has 8 heteroatoms. The maximum absolute atomic E-state index is 12.1. The predicted octanol–water partition coefficient (Wildman–Crippen LogP) is 2.08. The third-order valence-electron chi connectivity index (χ3n) is 2.82. The SMILES string of the molecule is COCCNc1nc(N)c(C(=O)NCc2sccc2C)s1. The molecule has 2 aromatic rings. The van der Waals surface area contributed by atoms with Crippen LogP contribution in [0, 0.1) is 6.92 Å². The summed E-state index contributed by atoms with van der Waals surface area (Å²) in [5.74, 6) is 0.0536. The van der Waals surface area contributed by atoms with Crippen LogP contribution in [-0.4, -0.2) is 31.2 Å². The number of thiophene rings is 1. The minimum atomic E-state index is -0.197. The van der Waals surface area contributed by atoms with Crippen LogP contribution in [0.2, 0.25) is 0 Å². The minimum absolute atomic E-state index is 0.197. The number of aryl methyl sites for hydroxylation is 1. The number of carbonyl (C=O) groups excluding carboxylic acids is 1. The number of hydrogen-bond acceptors (Lipinski definition) is 7. The van der Waals surface area contributed by atoms with Crippen LogP contribution < -0.4 is 16.4 Å². The Morgan fingerprint density at radius 3 is 3.00 bits per heavy atom. The molecule has 2 aromatic heterocycles. The van der Waals surface area contributed by atoms with Gasteiger partial charge in [0.15, 0.2) is 5.13 Å². The molecular weight excluding hydrogens is 308 g/mol. The lowest BCUT2D eigenvalue weighted by Crippen LogP contribution is -2.22. The highest BCUT2D eigenvalue weighted by Crippen LogP contribution is 2.25. The van der Waals surface area contributed by atoms with Gasteiger partial charge in [0, 0.05) is 18.5 Å². The molecule has 0 spiro atoms. The second-order valence-electron chi connectivity index (χ2n) is 4.36. The molecule has 21 heavy (non-hydrogen) atoms. The fourth-order valence-electron chi connectivity index (χ4n) is 1.66. The lowest BCUT2D eigenvalue weighted by Gasteiger charge is -2.03. The highest BCUT2D eigenvalue weighted by Gasteiger charge is 2.16. The first-order valence-electron chi connectivity index (χ1n) is 6.42. The zero-order valence-corrected chi connectivity index (χ0v) is 13.6. The number of nitrogens with one attached hydrogen (secondary N) is 2. The predicted molar refractivity (Wildman–Crippen MR) is 87.1 cm³/mol. The van der Waals surface area contributed by atoms with E-state index in [4.69, 9.17) is 10.5 Å². The summed E-state index contributed by atoms with van der Waals surface area (Å²) < 4.78 is 4.94. The number of amides is 1. The molecule has 2 rings (SSSR count). The topological polar surface area (TPSA) is 89.3 Å². The molecule has 114 valence electrons. The monoisotopic (exact) mass is 326 g/mol. The summed E-state index contributed by atoms with van der Waals surface area (Å²) in [5, 5.41) is 8.57. The maximum atomic E-state index is 12.1. The van der Waals surface area contributed by atoms with E-state index in [-0.39, 0.29) is 11.7 Å². The van der Waals surface area contributed by atoms with Crippen molar-refractivity contribution < 1.29 is 9.53 Å². The number of aromatic nitrogens is 1. The van der Waals surface area contributed by atoms with Gasteiger partial charge in [0.25, 0.3) is 5.91 Å². The van der Waals surface area contributed by atoms with Gasteiger partial charge < -0.3 is 21.1 Å². The van der Waals surface area contributed by atoms with Crippen molar-refractivity contribution in [3.8, 4) is 0 Å². The summed E-state index contributed by atoms with van der Waals surface area (Å²) in [4.78, 5) is 17.9. The van der Waals surface area contributed by atoms with E-state index in [0.717, 1.165) is 4.88 Å². The van der Waals surface area contributed by atoms with Crippen molar-refractivity contribution in [1.82, 2.24) is 10.3 Å². The minimum Gasteiger partial charge on any atom is -0.383 e. The molecule has 0 aliphatic carbocycles. The van der Waals surface area contributed by atoms with Gasteiger partial charge in [-0.2, -0.15) is 0 Å². The second kappa shape index (κ2) is 7.39. The van der Waals surface area contributed by atoms with E-state index in [2.05, 4.69) is 15.6 Å². The Morgan fingerprint density at radius 2 is 2.33 bits per heavy atom. The molecule has 0 aliphatic rings. The van der Waals surface area contributed by atoms with Crippen molar-refractivity contribution in [3.05, 3.63) is 26.8 Å². The molecule has 0 fully saturated rings. The summed E-state index contributed by atoms with van der Waals surface area (Å²) in [6.45, 7) is 3.72. The summed E-state index contributed by atoms with van der Waals surface area (Å²) in [5.41, 5.74) is 6.98.